The third-order valence-corrected chi connectivity index (χ3v) is 4.61. The largest absolute Gasteiger partial charge is 0.464 e. The van der Waals surface area contributed by atoms with E-state index in [2.05, 4.69) is 0 Å². The number of ether oxygens (including phenoxy) is 2. The second kappa shape index (κ2) is 8.61. The van der Waals surface area contributed by atoms with Gasteiger partial charge in [-0.15, -0.1) is 0 Å². The number of carbonyl (C=O) groups is 2. The fourth-order valence-electron chi connectivity index (χ4n) is 3.25. The highest BCUT2D eigenvalue weighted by Gasteiger charge is 2.22. The first kappa shape index (κ1) is 19.5. The van der Waals surface area contributed by atoms with Gasteiger partial charge in [0.05, 0.1) is 19.2 Å². The second-order valence-corrected chi connectivity index (χ2v) is 6.40. The molecular weight excluding hydrogens is 356 g/mol. The average Bonchev–Trinajstić information content (AvgIpc) is 3.12. The molecule has 2 aromatic rings. The lowest BCUT2D eigenvalue weighted by Gasteiger charge is -2.24. The lowest BCUT2D eigenvalue weighted by atomic mass is 9.99. The molecule has 2 heterocycles. The maximum absolute atomic E-state index is 12.7. The highest BCUT2D eigenvalue weighted by atomic mass is 16.5. The quantitative estimate of drug-likeness (QED) is 0.565. The molecule has 1 aliphatic rings. The van der Waals surface area contributed by atoms with Gasteiger partial charge in [0.1, 0.15) is 12.3 Å². The zero-order valence-electron chi connectivity index (χ0n) is 16.3. The van der Waals surface area contributed by atoms with E-state index in [0.717, 1.165) is 28.5 Å². The molecule has 28 heavy (non-hydrogen) atoms. The van der Waals surface area contributed by atoms with Crippen LogP contribution in [0.1, 0.15) is 20.3 Å². The minimum atomic E-state index is -0.395. The number of fused-ring (bicyclic) bond motifs is 1. The van der Waals surface area contributed by atoms with Crippen molar-refractivity contribution in [3.8, 4) is 0 Å². The van der Waals surface area contributed by atoms with Gasteiger partial charge in [-0.25, -0.2) is 4.79 Å². The van der Waals surface area contributed by atoms with Gasteiger partial charge in [-0.2, -0.15) is 0 Å². The van der Waals surface area contributed by atoms with Gasteiger partial charge >= 0.3 is 11.9 Å². The van der Waals surface area contributed by atoms with Gasteiger partial charge in [0.15, 0.2) is 0 Å². The van der Waals surface area contributed by atoms with Gasteiger partial charge in [-0.1, -0.05) is 25.1 Å². The maximum Gasteiger partial charge on any atom is 0.355 e. The average molecular weight is 380 g/mol. The Morgan fingerprint density at radius 3 is 2.64 bits per heavy atom. The van der Waals surface area contributed by atoms with E-state index in [1.54, 1.807) is 0 Å². The summed E-state index contributed by atoms with van der Waals surface area (Å²) in [5.41, 5.74) is 3.24. The van der Waals surface area contributed by atoms with Gasteiger partial charge in [-0.3, -0.25) is 4.79 Å². The summed E-state index contributed by atoms with van der Waals surface area (Å²) in [4.78, 5) is 25.6. The van der Waals surface area contributed by atoms with Crippen LogP contribution >= 0.6 is 0 Å². The third kappa shape index (κ3) is 4.01. The lowest BCUT2D eigenvalue weighted by molar-refractivity contribution is -0.141. The molecule has 1 aromatic carbocycles. The summed E-state index contributed by atoms with van der Waals surface area (Å²) in [5.74, 6) is -0.692. The third-order valence-electron chi connectivity index (χ3n) is 4.61. The molecule has 146 valence electrons. The molecule has 1 aromatic heterocycles. The van der Waals surface area contributed by atoms with Gasteiger partial charge in [0.2, 0.25) is 0 Å². The molecule has 0 fully saturated rings. The van der Waals surface area contributed by atoms with Crippen LogP contribution in [0.3, 0.4) is 0 Å². The van der Waals surface area contributed by atoms with Gasteiger partial charge < -0.3 is 18.9 Å². The van der Waals surface area contributed by atoms with Crippen LogP contribution in [0, 0.1) is 0 Å². The minimum Gasteiger partial charge on any atom is -0.464 e. The fraction of sp³-hybridized carbons (Fsp3) is 0.273. The lowest BCUT2D eigenvalue weighted by Crippen LogP contribution is -2.22. The Balaban J connectivity index is 2.02. The first-order valence-electron chi connectivity index (χ1n) is 9.22. The Bertz CT molecular complexity index is 981. The normalized spacial score (nSPS) is 15.4. The molecule has 0 saturated carbocycles. The Morgan fingerprint density at radius 1 is 1.14 bits per heavy atom. The van der Waals surface area contributed by atoms with E-state index in [1.807, 2.05) is 71.4 Å². The van der Waals surface area contributed by atoms with Crippen LogP contribution in [-0.4, -0.2) is 41.7 Å². The second-order valence-electron chi connectivity index (χ2n) is 6.40. The van der Waals surface area contributed by atoms with Crippen molar-refractivity contribution in [3.63, 3.8) is 0 Å². The Hall–Kier alpha value is -3.28. The van der Waals surface area contributed by atoms with E-state index in [0.29, 0.717) is 18.8 Å². The van der Waals surface area contributed by atoms with Crippen LogP contribution in [0.2, 0.25) is 0 Å². The number of carbonyl (C=O) groups excluding carboxylic acids is 2. The summed E-state index contributed by atoms with van der Waals surface area (Å²) in [6.07, 6.45) is 8.40. The maximum atomic E-state index is 12.7. The number of aromatic nitrogens is 1. The number of esters is 2. The predicted molar refractivity (Wildman–Crippen MR) is 108 cm³/mol. The summed E-state index contributed by atoms with van der Waals surface area (Å²) in [6.45, 7) is 4.29. The molecule has 0 unspecified atom stereocenters. The molecular formula is C22H24N2O4. The van der Waals surface area contributed by atoms with Gasteiger partial charge in [-0.05, 0) is 35.6 Å². The van der Waals surface area contributed by atoms with E-state index >= 15 is 0 Å². The molecule has 0 saturated heterocycles. The predicted octanol–water partition coefficient (Wildman–Crippen LogP) is 3.71. The Labute approximate surface area is 164 Å². The molecule has 0 spiro atoms. The molecule has 0 N–H and O–H groups in total. The number of hydrogen-bond acceptors (Lipinski definition) is 5. The zero-order valence-corrected chi connectivity index (χ0v) is 16.3. The molecule has 1 aliphatic heterocycles. The van der Waals surface area contributed by atoms with E-state index in [4.69, 9.17) is 9.47 Å². The first-order chi connectivity index (χ1) is 13.5. The SMILES string of the molecule is CCC1=CN(CCOC(C)=O)C=C/C1=C(\C(=O)OC)n1ccc2ccccc21. The van der Waals surface area contributed by atoms with E-state index in [-0.39, 0.29) is 5.97 Å². The summed E-state index contributed by atoms with van der Waals surface area (Å²) >= 11 is 0. The monoisotopic (exact) mass is 380 g/mol. The Morgan fingerprint density at radius 2 is 1.93 bits per heavy atom. The first-order valence-corrected chi connectivity index (χ1v) is 9.22. The molecule has 0 aliphatic carbocycles. The van der Waals surface area contributed by atoms with Crippen molar-refractivity contribution < 1.29 is 19.1 Å². The number of methoxy groups -OCH3 is 1. The summed E-state index contributed by atoms with van der Waals surface area (Å²) in [5, 5.41) is 1.05. The van der Waals surface area contributed by atoms with Gasteiger partial charge in [0, 0.05) is 31.1 Å². The van der Waals surface area contributed by atoms with Gasteiger partial charge in [0.25, 0.3) is 0 Å². The number of benzene rings is 1. The van der Waals surface area contributed by atoms with E-state index in [1.165, 1.54) is 14.0 Å². The molecule has 3 rings (SSSR count). The van der Waals surface area contributed by atoms with Crippen LogP contribution in [0.25, 0.3) is 16.6 Å². The molecule has 0 radical (unpaired) electrons. The number of para-hydroxylation sites is 1. The van der Waals surface area contributed by atoms with Crippen molar-refractivity contribution >= 4 is 28.5 Å². The number of rotatable bonds is 6. The van der Waals surface area contributed by atoms with Crippen molar-refractivity contribution in [1.82, 2.24) is 9.47 Å². The highest BCUT2D eigenvalue weighted by molar-refractivity contribution is 6.14. The zero-order chi connectivity index (χ0) is 20.1. The molecule has 0 atom stereocenters. The van der Waals surface area contributed by atoms with E-state index < -0.39 is 5.97 Å². The molecule has 0 bridgehead atoms. The highest BCUT2D eigenvalue weighted by Crippen LogP contribution is 2.30. The number of allylic oxidation sites excluding steroid dienone is 3. The van der Waals surface area contributed by atoms with Crippen LogP contribution in [0.4, 0.5) is 0 Å². The van der Waals surface area contributed by atoms with Crippen LogP contribution in [0.15, 0.2) is 66.2 Å². The standard InChI is InChI=1S/C22H24N2O4/c1-4-17-15-23(13-14-28-16(2)25)11-10-19(17)21(22(26)27-3)24-12-9-18-7-5-6-8-20(18)24/h5-12,15H,4,13-14H2,1-3H3/b21-19-. The van der Waals surface area contributed by atoms with Crippen molar-refractivity contribution in [2.45, 2.75) is 20.3 Å². The minimum absolute atomic E-state index is 0.297. The van der Waals surface area contributed by atoms with Crippen LogP contribution in [-0.2, 0) is 19.1 Å². The number of nitrogens with zero attached hydrogens (tertiary/aromatic N) is 2. The molecule has 6 heteroatoms. The Kier molecular flexibility index (Phi) is 5.99. The fourth-order valence-corrected chi connectivity index (χ4v) is 3.25. The summed E-state index contributed by atoms with van der Waals surface area (Å²) < 4.78 is 12.0. The van der Waals surface area contributed by atoms with Crippen molar-refractivity contribution in [2.75, 3.05) is 20.3 Å². The topological polar surface area (TPSA) is 60.8 Å². The van der Waals surface area contributed by atoms with Crippen LogP contribution < -0.4 is 0 Å². The van der Waals surface area contributed by atoms with Crippen molar-refractivity contribution in [3.05, 3.63) is 66.2 Å². The molecule has 6 nitrogen and oxygen atoms in total. The van der Waals surface area contributed by atoms with Crippen molar-refractivity contribution in [1.29, 1.82) is 0 Å². The number of hydrogen-bond donors (Lipinski definition) is 0. The smallest absolute Gasteiger partial charge is 0.355 e. The summed E-state index contributed by atoms with van der Waals surface area (Å²) in [7, 11) is 1.39. The van der Waals surface area contributed by atoms with Crippen molar-refractivity contribution in [2.24, 2.45) is 0 Å². The summed E-state index contributed by atoms with van der Waals surface area (Å²) in [6, 6.07) is 9.88. The molecule has 0 amide bonds. The van der Waals surface area contributed by atoms with Crippen LogP contribution in [0.5, 0.6) is 0 Å². The van der Waals surface area contributed by atoms with E-state index in [9.17, 15) is 9.59 Å².